The van der Waals surface area contributed by atoms with Crippen molar-refractivity contribution in [3.63, 3.8) is 0 Å². The molecule has 14 heavy (non-hydrogen) atoms. The highest BCUT2D eigenvalue weighted by atomic mass is 16.5. The van der Waals surface area contributed by atoms with Crippen LogP contribution in [0.5, 0.6) is 6.01 Å². The molecule has 0 saturated carbocycles. The number of hydrogen-bond acceptors (Lipinski definition) is 4. The Labute approximate surface area is 84.9 Å². The Morgan fingerprint density at radius 2 is 1.93 bits per heavy atom. The summed E-state index contributed by atoms with van der Waals surface area (Å²) >= 11 is 0. The van der Waals surface area contributed by atoms with Crippen molar-refractivity contribution in [3.05, 3.63) is 18.0 Å². The summed E-state index contributed by atoms with van der Waals surface area (Å²) in [6.07, 6.45) is 5.79. The van der Waals surface area contributed by atoms with E-state index in [1.54, 1.807) is 7.11 Å². The van der Waals surface area contributed by atoms with Gasteiger partial charge in [0.1, 0.15) is 0 Å². The fourth-order valence-corrected chi connectivity index (χ4v) is 1.18. The summed E-state index contributed by atoms with van der Waals surface area (Å²) in [4.78, 5) is 10.3. The third-order valence-corrected chi connectivity index (χ3v) is 1.93. The molecule has 1 aromatic rings. The Balaban J connectivity index is 2.36. The van der Waals surface area contributed by atoms with Crippen LogP contribution in [-0.2, 0) is 6.42 Å². The van der Waals surface area contributed by atoms with Crippen LogP contribution in [0.15, 0.2) is 12.4 Å². The third kappa shape index (κ3) is 3.70. The largest absolute Gasteiger partial charge is 0.467 e. The zero-order valence-corrected chi connectivity index (χ0v) is 9.03. The van der Waals surface area contributed by atoms with Gasteiger partial charge in [-0.15, -0.1) is 0 Å². The second-order valence-electron chi connectivity index (χ2n) is 3.48. The topological polar surface area (TPSA) is 38.2 Å². The van der Waals surface area contributed by atoms with Crippen LogP contribution in [0.3, 0.4) is 0 Å². The molecule has 0 atom stereocenters. The SMILES string of the molecule is COc1ncc(CCCN(C)C)cn1. The summed E-state index contributed by atoms with van der Waals surface area (Å²) in [6, 6.07) is 0.432. The van der Waals surface area contributed by atoms with Crippen molar-refractivity contribution in [2.24, 2.45) is 0 Å². The van der Waals surface area contributed by atoms with Gasteiger partial charge in [0.2, 0.25) is 0 Å². The van der Waals surface area contributed by atoms with E-state index in [1.165, 1.54) is 0 Å². The molecule has 0 saturated heterocycles. The van der Waals surface area contributed by atoms with Crippen molar-refractivity contribution in [2.45, 2.75) is 12.8 Å². The van der Waals surface area contributed by atoms with Gasteiger partial charge in [0.25, 0.3) is 0 Å². The molecule has 0 fully saturated rings. The molecule has 0 unspecified atom stereocenters. The molecule has 1 aromatic heterocycles. The minimum atomic E-state index is 0.432. The molecular formula is C10H17N3O. The second kappa shape index (κ2) is 5.54. The zero-order valence-electron chi connectivity index (χ0n) is 9.03. The van der Waals surface area contributed by atoms with Crippen molar-refractivity contribution in [1.29, 1.82) is 0 Å². The van der Waals surface area contributed by atoms with Crippen LogP contribution >= 0.6 is 0 Å². The summed E-state index contributed by atoms with van der Waals surface area (Å²) in [5.74, 6) is 0. The van der Waals surface area contributed by atoms with Gasteiger partial charge >= 0.3 is 6.01 Å². The molecule has 1 rings (SSSR count). The number of rotatable bonds is 5. The van der Waals surface area contributed by atoms with Crippen molar-refractivity contribution >= 4 is 0 Å². The summed E-state index contributed by atoms with van der Waals surface area (Å²) in [7, 11) is 5.72. The van der Waals surface area contributed by atoms with Crippen LogP contribution in [0.4, 0.5) is 0 Å². The van der Waals surface area contributed by atoms with Gasteiger partial charge < -0.3 is 9.64 Å². The minimum absolute atomic E-state index is 0.432. The molecule has 4 nitrogen and oxygen atoms in total. The first-order chi connectivity index (χ1) is 6.72. The molecule has 0 spiro atoms. The lowest BCUT2D eigenvalue weighted by molar-refractivity contribution is 0.378. The molecule has 1 heterocycles. The number of nitrogens with zero attached hydrogens (tertiary/aromatic N) is 3. The Morgan fingerprint density at radius 3 is 2.43 bits per heavy atom. The molecule has 0 aromatic carbocycles. The van der Waals surface area contributed by atoms with Crippen molar-refractivity contribution < 1.29 is 4.74 Å². The maximum Gasteiger partial charge on any atom is 0.316 e. The van der Waals surface area contributed by atoms with Crippen LogP contribution in [0, 0.1) is 0 Å². The van der Waals surface area contributed by atoms with Gasteiger partial charge in [-0.2, -0.15) is 0 Å². The minimum Gasteiger partial charge on any atom is -0.467 e. The monoisotopic (exact) mass is 195 g/mol. The summed E-state index contributed by atoms with van der Waals surface area (Å²) in [6.45, 7) is 1.09. The van der Waals surface area contributed by atoms with Gasteiger partial charge in [-0.1, -0.05) is 0 Å². The predicted octanol–water partition coefficient (Wildman–Crippen LogP) is 0.979. The van der Waals surface area contributed by atoms with Gasteiger partial charge in [0, 0.05) is 12.4 Å². The van der Waals surface area contributed by atoms with Crippen LogP contribution in [-0.4, -0.2) is 42.6 Å². The van der Waals surface area contributed by atoms with E-state index in [1.807, 2.05) is 12.4 Å². The second-order valence-corrected chi connectivity index (χ2v) is 3.48. The summed E-state index contributed by atoms with van der Waals surface area (Å²) < 4.78 is 4.88. The van der Waals surface area contributed by atoms with Gasteiger partial charge in [0.15, 0.2) is 0 Å². The molecule has 0 bridgehead atoms. The van der Waals surface area contributed by atoms with E-state index in [2.05, 4.69) is 29.0 Å². The van der Waals surface area contributed by atoms with Gasteiger partial charge in [-0.25, -0.2) is 9.97 Å². The number of hydrogen-bond donors (Lipinski definition) is 0. The maximum absolute atomic E-state index is 4.88. The van der Waals surface area contributed by atoms with E-state index in [0.717, 1.165) is 24.9 Å². The fourth-order valence-electron chi connectivity index (χ4n) is 1.18. The molecule has 4 heteroatoms. The summed E-state index contributed by atoms with van der Waals surface area (Å²) in [5.41, 5.74) is 1.16. The van der Waals surface area contributed by atoms with Crippen molar-refractivity contribution in [1.82, 2.24) is 14.9 Å². The molecule has 0 aliphatic carbocycles. The predicted molar refractivity (Wildman–Crippen MR) is 55.5 cm³/mol. The molecule has 0 aliphatic rings. The lowest BCUT2D eigenvalue weighted by Crippen LogP contribution is -2.13. The number of aromatic nitrogens is 2. The van der Waals surface area contributed by atoms with E-state index >= 15 is 0 Å². The first kappa shape index (κ1) is 10.9. The highest BCUT2D eigenvalue weighted by Crippen LogP contribution is 2.04. The number of ether oxygens (including phenoxy) is 1. The zero-order chi connectivity index (χ0) is 10.4. The van der Waals surface area contributed by atoms with Gasteiger partial charge in [-0.3, -0.25) is 0 Å². The van der Waals surface area contributed by atoms with Crippen molar-refractivity contribution in [3.8, 4) is 6.01 Å². The normalized spacial score (nSPS) is 10.6. The highest BCUT2D eigenvalue weighted by molar-refractivity contribution is 5.07. The lowest BCUT2D eigenvalue weighted by Gasteiger charge is -2.08. The van der Waals surface area contributed by atoms with E-state index in [9.17, 15) is 0 Å². The molecule has 78 valence electrons. The van der Waals surface area contributed by atoms with E-state index < -0.39 is 0 Å². The third-order valence-electron chi connectivity index (χ3n) is 1.93. The Kier molecular flexibility index (Phi) is 4.32. The van der Waals surface area contributed by atoms with Crippen molar-refractivity contribution in [2.75, 3.05) is 27.7 Å². The first-order valence-corrected chi connectivity index (χ1v) is 4.72. The van der Waals surface area contributed by atoms with Gasteiger partial charge in [-0.05, 0) is 39.0 Å². The standard InChI is InChI=1S/C10H17N3O/c1-13(2)6-4-5-9-7-11-10(14-3)12-8-9/h7-8H,4-6H2,1-3H3. The molecular weight excluding hydrogens is 178 g/mol. The van der Waals surface area contributed by atoms with Crippen LogP contribution in [0.1, 0.15) is 12.0 Å². The average Bonchev–Trinajstić information content (AvgIpc) is 2.18. The fraction of sp³-hybridized carbons (Fsp3) is 0.600. The number of aryl methyl sites for hydroxylation is 1. The molecule has 0 amide bonds. The van der Waals surface area contributed by atoms with Crippen LogP contribution in [0.25, 0.3) is 0 Å². The van der Waals surface area contributed by atoms with Crippen LogP contribution in [0.2, 0.25) is 0 Å². The maximum atomic E-state index is 4.88. The Morgan fingerprint density at radius 1 is 1.29 bits per heavy atom. The average molecular weight is 195 g/mol. The van der Waals surface area contributed by atoms with E-state index in [0.29, 0.717) is 6.01 Å². The van der Waals surface area contributed by atoms with Crippen LogP contribution < -0.4 is 4.74 Å². The quantitative estimate of drug-likeness (QED) is 0.702. The van der Waals surface area contributed by atoms with Gasteiger partial charge in [0.05, 0.1) is 7.11 Å². The smallest absolute Gasteiger partial charge is 0.316 e. The first-order valence-electron chi connectivity index (χ1n) is 4.72. The highest BCUT2D eigenvalue weighted by Gasteiger charge is 1.97. The molecule has 0 radical (unpaired) electrons. The molecule has 0 aliphatic heterocycles. The lowest BCUT2D eigenvalue weighted by atomic mass is 10.2. The van der Waals surface area contributed by atoms with E-state index in [4.69, 9.17) is 4.74 Å². The summed E-state index contributed by atoms with van der Waals surface area (Å²) in [5, 5.41) is 0. The van der Waals surface area contributed by atoms with E-state index in [-0.39, 0.29) is 0 Å². The number of methoxy groups -OCH3 is 1. The Hall–Kier alpha value is -1.16. The molecule has 0 N–H and O–H groups in total. The Bertz CT molecular complexity index is 259.